The van der Waals surface area contributed by atoms with Crippen LogP contribution in [0.2, 0.25) is 0 Å². The molecule has 0 saturated carbocycles. The number of β-amino-alcohol motifs (C(OH)–C–C–N with tert-alkyl or cyclic N) is 1. The number of aliphatic hydroxyl groups excluding tert-OH is 1. The van der Waals surface area contributed by atoms with Crippen molar-refractivity contribution < 1.29 is 34.5 Å². The normalized spacial score (nSPS) is 18.9. The first-order valence-electron chi connectivity index (χ1n) is 11.8. The van der Waals surface area contributed by atoms with Crippen LogP contribution >= 0.6 is 0 Å². The highest BCUT2D eigenvalue weighted by Crippen LogP contribution is 2.32. The summed E-state index contributed by atoms with van der Waals surface area (Å²) < 4.78 is 5.38. The van der Waals surface area contributed by atoms with E-state index in [1.54, 1.807) is 36.4 Å². The molecule has 2 unspecified atom stereocenters. The minimum absolute atomic E-state index is 0.00298. The summed E-state index contributed by atoms with van der Waals surface area (Å²) in [4.78, 5) is 30.5. The van der Waals surface area contributed by atoms with Crippen LogP contribution < -0.4 is 11.1 Å². The molecule has 7 N–H and O–H groups in total. The molecule has 1 aromatic heterocycles. The number of carbonyl (C=O) groups excluding carboxylic acids is 1. The first kappa shape index (κ1) is 25.9. The first-order chi connectivity index (χ1) is 17.7. The summed E-state index contributed by atoms with van der Waals surface area (Å²) in [7, 11) is 0. The summed E-state index contributed by atoms with van der Waals surface area (Å²) in [5.74, 6) is -0.637. The highest BCUT2D eigenvalue weighted by Gasteiger charge is 2.40. The number of aliphatic carboxylic acids is 1. The SMILES string of the molecule is N[C@@H](CCc1ccc(O)cc1)c1noc([C@@H]2CC(O)CN2C(=O)NC(Cc2ccc(O)cc2)C(=O)O)n1. The number of amides is 2. The zero-order valence-electron chi connectivity index (χ0n) is 19.9. The number of nitrogens with one attached hydrogen (secondary N) is 1. The van der Waals surface area contributed by atoms with E-state index in [-0.39, 0.29) is 42.6 Å². The van der Waals surface area contributed by atoms with E-state index in [1.807, 2.05) is 0 Å². The number of nitrogens with two attached hydrogens (primary N) is 1. The molecule has 2 amide bonds. The lowest BCUT2D eigenvalue weighted by atomic mass is 10.1. The molecule has 12 heteroatoms. The Morgan fingerprint density at radius 3 is 2.32 bits per heavy atom. The number of carboxylic acid groups (broad SMARTS) is 1. The van der Waals surface area contributed by atoms with Crippen molar-refractivity contribution in [3.8, 4) is 11.5 Å². The Balaban J connectivity index is 1.40. The zero-order valence-corrected chi connectivity index (χ0v) is 19.9. The summed E-state index contributed by atoms with van der Waals surface area (Å²) in [6.45, 7) is -0.0351. The molecule has 1 aliphatic rings. The fourth-order valence-corrected chi connectivity index (χ4v) is 4.22. The number of aliphatic hydroxyl groups is 1. The molecule has 0 aliphatic carbocycles. The van der Waals surface area contributed by atoms with Gasteiger partial charge in [-0.25, -0.2) is 9.59 Å². The number of phenolic OH excluding ortho intramolecular Hbond substituents is 2. The molecule has 4 atom stereocenters. The third kappa shape index (κ3) is 6.54. The average molecular weight is 512 g/mol. The molecule has 3 aromatic rings. The molecule has 37 heavy (non-hydrogen) atoms. The van der Waals surface area contributed by atoms with Gasteiger partial charge in [-0.1, -0.05) is 29.4 Å². The molecular formula is C25H29N5O7. The van der Waals surface area contributed by atoms with Crippen molar-refractivity contribution >= 4 is 12.0 Å². The minimum atomic E-state index is -1.23. The molecule has 1 saturated heterocycles. The summed E-state index contributed by atoms with van der Waals surface area (Å²) >= 11 is 0. The number of hydrogen-bond acceptors (Lipinski definition) is 9. The number of carbonyl (C=O) groups is 2. The maximum atomic E-state index is 13.0. The number of phenols is 2. The maximum absolute atomic E-state index is 13.0. The quantitative estimate of drug-likeness (QED) is 0.246. The van der Waals surface area contributed by atoms with Crippen LogP contribution in [0.3, 0.4) is 0 Å². The molecule has 4 rings (SSSR count). The average Bonchev–Trinajstić information content (AvgIpc) is 3.51. The fraction of sp³-hybridized carbons (Fsp3) is 0.360. The molecule has 1 aliphatic heterocycles. The molecule has 0 bridgehead atoms. The second-order valence-corrected chi connectivity index (χ2v) is 9.07. The Hall–Kier alpha value is -4.16. The van der Waals surface area contributed by atoms with Crippen LogP contribution in [0.15, 0.2) is 53.1 Å². The number of aryl methyl sites for hydroxylation is 1. The number of aromatic hydroxyl groups is 2. The summed E-state index contributed by atoms with van der Waals surface area (Å²) in [5.41, 5.74) is 7.83. The van der Waals surface area contributed by atoms with Gasteiger partial charge in [0.1, 0.15) is 23.6 Å². The van der Waals surface area contributed by atoms with Crippen molar-refractivity contribution in [3.63, 3.8) is 0 Å². The molecule has 0 spiro atoms. The summed E-state index contributed by atoms with van der Waals surface area (Å²) in [6, 6.07) is 9.59. The van der Waals surface area contributed by atoms with Crippen LogP contribution in [0.25, 0.3) is 0 Å². The Bertz CT molecular complexity index is 1210. The maximum Gasteiger partial charge on any atom is 0.326 e. The first-order valence-corrected chi connectivity index (χ1v) is 11.8. The largest absolute Gasteiger partial charge is 0.508 e. The Labute approximate surface area is 212 Å². The Morgan fingerprint density at radius 1 is 1.08 bits per heavy atom. The summed E-state index contributed by atoms with van der Waals surface area (Å²) in [6.07, 6.45) is 0.434. The summed E-state index contributed by atoms with van der Waals surface area (Å²) in [5, 5.41) is 45.1. The molecule has 1 fully saturated rings. The van der Waals surface area contributed by atoms with Gasteiger partial charge in [-0.05, 0) is 48.2 Å². The van der Waals surface area contributed by atoms with Crippen molar-refractivity contribution in [2.75, 3.05) is 6.54 Å². The van der Waals surface area contributed by atoms with E-state index in [0.717, 1.165) is 5.56 Å². The van der Waals surface area contributed by atoms with Crippen LogP contribution in [0, 0.1) is 0 Å². The van der Waals surface area contributed by atoms with E-state index in [4.69, 9.17) is 10.3 Å². The number of carboxylic acids is 1. The van der Waals surface area contributed by atoms with Crippen LogP contribution in [0.5, 0.6) is 11.5 Å². The van der Waals surface area contributed by atoms with E-state index in [9.17, 15) is 30.0 Å². The van der Waals surface area contributed by atoms with Crippen LogP contribution in [-0.2, 0) is 17.6 Å². The zero-order chi connectivity index (χ0) is 26.5. The number of aromatic nitrogens is 2. The standard InChI is InChI=1S/C25H29N5O7/c26-19(10-5-14-1-6-16(31)7-2-14)22-28-23(37-29-22)21-12-18(33)13-30(21)25(36)27-20(24(34)35)11-15-3-8-17(32)9-4-15/h1-4,6-9,18-21,31-33H,5,10-13,26H2,(H,27,36)(H,34,35)/t18?,19-,20?,21-/m0/s1. The van der Waals surface area contributed by atoms with Crippen molar-refractivity contribution in [3.05, 3.63) is 71.4 Å². The highest BCUT2D eigenvalue weighted by molar-refractivity contribution is 5.83. The lowest BCUT2D eigenvalue weighted by Crippen LogP contribution is -2.49. The van der Waals surface area contributed by atoms with Crippen LogP contribution in [-0.4, -0.2) is 66.2 Å². The number of urea groups is 1. The van der Waals surface area contributed by atoms with E-state index >= 15 is 0 Å². The number of likely N-dealkylation sites (tertiary alicyclic amines) is 1. The van der Waals surface area contributed by atoms with Crippen molar-refractivity contribution in [1.82, 2.24) is 20.4 Å². The minimum Gasteiger partial charge on any atom is -0.508 e. The second kappa shape index (κ2) is 11.3. The van der Waals surface area contributed by atoms with Gasteiger partial charge in [-0.15, -0.1) is 0 Å². The van der Waals surface area contributed by atoms with Crippen molar-refractivity contribution in [2.45, 2.75) is 49.9 Å². The molecule has 2 aromatic carbocycles. The van der Waals surface area contributed by atoms with Crippen molar-refractivity contribution in [1.29, 1.82) is 0 Å². The Morgan fingerprint density at radius 2 is 1.70 bits per heavy atom. The number of nitrogens with zero attached hydrogens (tertiary/aromatic N) is 3. The second-order valence-electron chi connectivity index (χ2n) is 9.07. The Kier molecular flexibility index (Phi) is 7.89. The van der Waals surface area contributed by atoms with Gasteiger partial charge >= 0.3 is 12.0 Å². The molecule has 12 nitrogen and oxygen atoms in total. The van der Waals surface area contributed by atoms with Gasteiger partial charge in [0.05, 0.1) is 12.1 Å². The predicted molar refractivity (Wildman–Crippen MR) is 129 cm³/mol. The van der Waals surface area contributed by atoms with E-state index in [2.05, 4.69) is 15.5 Å². The number of hydrogen-bond donors (Lipinski definition) is 6. The number of benzene rings is 2. The van der Waals surface area contributed by atoms with E-state index in [1.165, 1.54) is 17.0 Å². The van der Waals surface area contributed by atoms with E-state index in [0.29, 0.717) is 18.4 Å². The highest BCUT2D eigenvalue weighted by atomic mass is 16.5. The third-order valence-corrected chi connectivity index (χ3v) is 6.27. The molecule has 2 heterocycles. The van der Waals surface area contributed by atoms with Gasteiger partial charge in [-0.3, -0.25) is 0 Å². The molecule has 0 radical (unpaired) electrons. The smallest absolute Gasteiger partial charge is 0.326 e. The van der Waals surface area contributed by atoms with Gasteiger partial charge < -0.3 is 40.9 Å². The van der Waals surface area contributed by atoms with Gasteiger partial charge in [0, 0.05) is 19.4 Å². The van der Waals surface area contributed by atoms with Gasteiger partial charge in [0.25, 0.3) is 0 Å². The molecular weight excluding hydrogens is 482 g/mol. The lowest BCUT2D eigenvalue weighted by Gasteiger charge is -2.24. The van der Waals surface area contributed by atoms with Crippen LogP contribution in [0.1, 0.15) is 47.8 Å². The van der Waals surface area contributed by atoms with Gasteiger partial charge in [0.15, 0.2) is 5.82 Å². The monoisotopic (exact) mass is 511 g/mol. The van der Waals surface area contributed by atoms with Crippen molar-refractivity contribution in [2.24, 2.45) is 5.73 Å². The van der Waals surface area contributed by atoms with Gasteiger partial charge in [-0.2, -0.15) is 4.98 Å². The lowest BCUT2D eigenvalue weighted by molar-refractivity contribution is -0.139. The van der Waals surface area contributed by atoms with Gasteiger partial charge in [0.2, 0.25) is 5.89 Å². The predicted octanol–water partition coefficient (Wildman–Crippen LogP) is 1.63. The molecule has 196 valence electrons. The van der Waals surface area contributed by atoms with E-state index < -0.39 is 36.2 Å². The number of rotatable bonds is 9. The fourth-order valence-electron chi connectivity index (χ4n) is 4.22. The topological polar surface area (TPSA) is 195 Å². The van der Waals surface area contributed by atoms with Crippen LogP contribution in [0.4, 0.5) is 4.79 Å². The third-order valence-electron chi connectivity index (χ3n) is 6.27.